The van der Waals surface area contributed by atoms with E-state index < -0.39 is 0 Å². The quantitative estimate of drug-likeness (QED) is 0.895. The fourth-order valence-corrected chi connectivity index (χ4v) is 3.51. The van der Waals surface area contributed by atoms with Gasteiger partial charge >= 0.3 is 0 Å². The molecule has 1 heterocycles. The van der Waals surface area contributed by atoms with E-state index in [0.717, 1.165) is 30.2 Å². The van der Waals surface area contributed by atoms with Crippen molar-refractivity contribution in [3.05, 3.63) is 16.4 Å². The molecule has 0 bridgehead atoms. The Hall–Kier alpha value is -0.540. The monoisotopic (exact) mass is 283 g/mol. The second-order valence-electron chi connectivity index (χ2n) is 5.57. The van der Waals surface area contributed by atoms with Crippen molar-refractivity contribution in [1.29, 1.82) is 0 Å². The third kappa shape index (κ3) is 3.32. The van der Waals surface area contributed by atoms with Crippen LogP contribution in [0.15, 0.2) is 0 Å². The van der Waals surface area contributed by atoms with Crippen molar-refractivity contribution in [3.8, 4) is 0 Å². The number of aromatic nitrogens is 2. The molecule has 0 radical (unpaired) electrons. The first-order valence-electron chi connectivity index (χ1n) is 7.62. The van der Waals surface area contributed by atoms with E-state index >= 15 is 0 Å². The predicted octanol–water partition coefficient (Wildman–Crippen LogP) is 3.58. The number of hydrogen-bond donors (Lipinski definition) is 1. The summed E-state index contributed by atoms with van der Waals surface area (Å²) in [6.07, 6.45) is 6.37. The minimum atomic E-state index is 0.648. The van der Waals surface area contributed by atoms with Gasteiger partial charge in [0.25, 0.3) is 0 Å². The van der Waals surface area contributed by atoms with Gasteiger partial charge in [0.05, 0.1) is 16.4 Å². The van der Waals surface area contributed by atoms with Crippen LogP contribution in [0.1, 0.15) is 50.9 Å². The van der Waals surface area contributed by atoms with E-state index in [4.69, 9.17) is 11.6 Å². The molecule has 1 aliphatic carbocycles. The second kappa shape index (κ2) is 6.76. The van der Waals surface area contributed by atoms with Gasteiger partial charge in [0.2, 0.25) is 0 Å². The summed E-state index contributed by atoms with van der Waals surface area (Å²) in [5, 5.41) is 9.05. The van der Waals surface area contributed by atoms with E-state index in [-0.39, 0.29) is 0 Å². The van der Waals surface area contributed by atoms with Crippen molar-refractivity contribution in [2.24, 2.45) is 5.92 Å². The molecule has 2 rings (SSSR count). The van der Waals surface area contributed by atoms with Crippen LogP contribution < -0.4 is 5.32 Å². The average molecular weight is 284 g/mol. The first-order valence-corrected chi connectivity index (χ1v) is 8.00. The fraction of sp³-hybridized carbons (Fsp3) is 0.800. The zero-order chi connectivity index (χ0) is 13.8. The summed E-state index contributed by atoms with van der Waals surface area (Å²) in [5.74, 6) is 0.701. The van der Waals surface area contributed by atoms with Crippen LogP contribution in [0.5, 0.6) is 0 Å². The maximum Gasteiger partial charge on any atom is 0.0847 e. The first-order chi connectivity index (χ1) is 9.17. The Labute approximate surface area is 121 Å². The number of aryl methyl sites for hydroxylation is 2. The number of nitrogens with zero attached hydrogens (tertiary/aromatic N) is 2. The van der Waals surface area contributed by atoms with Crippen molar-refractivity contribution < 1.29 is 0 Å². The molecule has 1 fully saturated rings. The van der Waals surface area contributed by atoms with Crippen molar-refractivity contribution in [1.82, 2.24) is 15.1 Å². The van der Waals surface area contributed by atoms with Crippen LogP contribution in [0.2, 0.25) is 5.02 Å². The predicted molar refractivity (Wildman–Crippen MR) is 80.8 cm³/mol. The fourth-order valence-electron chi connectivity index (χ4n) is 3.30. The number of rotatable bonds is 5. The molecule has 2 unspecified atom stereocenters. The smallest absolute Gasteiger partial charge is 0.0847 e. The zero-order valence-electron chi connectivity index (χ0n) is 12.4. The molecule has 1 N–H and O–H groups in total. The summed E-state index contributed by atoms with van der Waals surface area (Å²) >= 11 is 6.43. The van der Waals surface area contributed by atoms with Crippen molar-refractivity contribution in [3.63, 3.8) is 0 Å². The molecule has 3 nitrogen and oxygen atoms in total. The Kier molecular flexibility index (Phi) is 5.28. The lowest BCUT2D eigenvalue weighted by molar-refractivity contribution is 0.260. The highest BCUT2D eigenvalue weighted by atomic mass is 35.5. The topological polar surface area (TPSA) is 29.9 Å². The third-order valence-corrected chi connectivity index (χ3v) is 4.78. The highest BCUT2D eigenvalue weighted by molar-refractivity contribution is 6.31. The molecule has 108 valence electrons. The Morgan fingerprint density at radius 3 is 2.74 bits per heavy atom. The van der Waals surface area contributed by atoms with Crippen LogP contribution in [0.3, 0.4) is 0 Å². The van der Waals surface area contributed by atoms with E-state index in [0.29, 0.717) is 12.0 Å². The van der Waals surface area contributed by atoms with Crippen LogP contribution in [0.4, 0.5) is 0 Å². The van der Waals surface area contributed by atoms with Gasteiger partial charge in [0.15, 0.2) is 0 Å². The average Bonchev–Trinajstić information content (AvgIpc) is 2.69. The highest BCUT2D eigenvalue weighted by Gasteiger charge is 2.27. The summed E-state index contributed by atoms with van der Waals surface area (Å²) in [7, 11) is 0. The van der Waals surface area contributed by atoms with Gasteiger partial charge < -0.3 is 5.32 Å². The molecule has 1 saturated carbocycles. The molecule has 0 saturated heterocycles. The van der Waals surface area contributed by atoms with Crippen molar-refractivity contribution in [2.75, 3.05) is 6.54 Å². The van der Waals surface area contributed by atoms with Gasteiger partial charge in [-0.15, -0.1) is 0 Å². The summed E-state index contributed by atoms with van der Waals surface area (Å²) in [6.45, 7) is 8.29. The molecule has 2 atom stereocenters. The van der Waals surface area contributed by atoms with Gasteiger partial charge in [-0.3, -0.25) is 4.68 Å². The molecule has 0 aromatic carbocycles. The van der Waals surface area contributed by atoms with Gasteiger partial charge in [-0.25, -0.2) is 0 Å². The maximum atomic E-state index is 6.43. The SMILES string of the molecule is CCNC1CCCCC1Cc1c(Cl)c(C)nn1CC. The van der Waals surface area contributed by atoms with E-state index in [2.05, 4.69) is 28.9 Å². The standard InChI is InChI=1S/C15H26ClN3/c1-4-17-13-9-7-6-8-12(13)10-14-15(16)11(3)18-19(14)5-2/h12-13,17H,4-10H2,1-3H3. The molecular weight excluding hydrogens is 258 g/mol. The van der Waals surface area contributed by atoms with E-state index in [1.165, 1.54) is 31.4 Å². The summed E-state index contributed by atoms with van der Waals surface area (Å²) < 4.78 is 2.08. The van der Waals surface area contributed by atoms with Gasteiger partial charge in [-0.1, -0.05) is 31.4 Å². The molecule has 0 amide bonds. The first kappa shape index (κ1) is 14.9. The van der Waals surface area contributed by atoms with Gasteiger partial charge in [0, 0.05) is 12.6 Å². The minimum Gasteiger partial charge on any atom is -0.314 e. The van der Waals surface area contributed by atoms with E-state index in [1.807, 2.05) is 6.92 Å². The Morgan fingerprint density at radius 2 is 2.05 bits per heavy atom. The number of halogens is 1. The summed E-state index contributed by atoms with van der Waals surface area (Å²) in [5.41, 5.74) is 2.20. The van der Waals surface area contributed by atoms with Crippen LogP contribution in [0.25, 0.3) is 0 Å². The number of nitrogens with one attached hydrogen (secondary N) is 1. The van der Waals surface area contributed by atoms with E-state index in [1.54, 1.807) is 0 Å². The molecule has 1 aliphatic rings. The summed E-state index contributed by atoms with van der Waals surface area (Å²) in [6, 6.07) is 0.648. The zero-order valence-corrected chi connectivity index (χ0v) is 13.1. The highest BCUT2D eigenvalue weighted by Crippen LogP contribution is 2.31. The molecule has 1 aromatic heterocycles. The largest absolute Gasteiger partial charge is 0.314 e. The van der Waals surface area contributed by atoms with Crippen molar-refractivity contribution in [2.45, 2.75) is 65.5 Å². The van der Waals surface area contributed by atoms with Gasteiger partial charge in [0.1, 0.15) is 0 Å². The van der Waals surface area contributed by atoms with Crippen LogP contribution in [0, 0.1) is 12.8 Å². The molecule has 1 aromatic rings. The lowest BCUT2D eigenvalue weighted by atomic mass is 9.81. The third-order valence-electron chi connectivity index (χ3n) is 4.28. The second-order valence-corrected chi connectivity index (χ2v) is 5.95. The summed E-state index contributed by atoms with van der Waals surface area (Å²) in [4.78, 5) is 0. The number of hydrogen-bond acceptors (Lipinski definition) is 2. The maximum absolute atomic E-state index is 6.43. The van der Waals surface area contributed by atoms with E-state index in [9.17, 15) is 0 Å². The molecule has 0 aliphatic heterocycles. The minimum absolute atomic E-state index is 0.648. The Balaban J connectivity index is 2.14. The normalized spacial score (nSPS) is 23.8. The lowest BCUT2D eigenvalue weighted by Gasteiger charge is -2.32. The Morgan fingerprint density at radius 1 is 1.32 bits per heavy atom. The van der Waals surface area contributed by atoms with Crippen molar-refractivity contribution >= 4 is 11.6 Å². The molecule has 19 heavy (non-hydrogen) atoms. The molecule has 4 heteroatoms. The van der Waals surface area contributed by atoms with Crippen LogP contribution in [-0.4, -0.2) is 22.4 Å². The Bertz CT molecular complexity index is 412. The van der Waals surface area contributed by atoms with Gasteiger partial charge in [-0.05, 0) is 45.6 Å². The van der Waals surface area contributed by atoms with Crippen LogP contribution in [-0.2, 0) is 13.0 Å². The van der Waals surface area contributed by atoms with Gasteiger partial charge in [-0.2, -0.15) is 5.10 Å². The van der Waals surface area contributed by atoms with Crippen LogP contribution >= 0.6 is 11.6 Å². The molecular formula is C15H26ClN3. The molecule has 0 spiro atoms. The lowest BCUT2D eigenvalue weighted by Crippen LogP contribution is -2.39.